The van der Waals surface area contributed by atoms with Crippen LogP contribution in [0.5, 0.6) is 0 Å². The molecule has 0 radical (unpaired) electrons. The Balaban J connectivity index is 3.12. The molecule has 1 aromatic carbocycles. The lowest BCUT2D eigenvalue weighted by atomic mass is 9.78. The molecular formula is C12H17F2NO. The molecule has 0 aliphatic heterocycles. The summed E-state index contributed by atoms with van der Waals surface area (Å²) in [6.45, 7) is 3.82. The molecule has 1 aromatic rings. The highest BCUT2D eigenvalue weighted by molar-refractivity contribution is 5.23. The van der Waals surface area contributed by atoms with Crippen LogP contribution < -0.4 is 5.73 Å². The van der Waals surface area contributed by atoms with Crippen molar-refractivity contribution in [1.29, 1.82) is 0 Å². The summed E-state index contributed by atoms with van der Waals surface area (Å²) in [5.41, 5.74) is 4.89. The summed E-state index contributed by atoms with van der Waals surface area (Å²) >= 11 is 0. The quantitative estimate of drug-likeness (QED) is 0.832. The van der Waals surface area contributed by atoms with Crippen LogP contribution in [0.15, 0.2) is 18.2 Å². The summed E-state index contributed by atoms with van der Waals surface area (Å²) in [5.74, 6) is -1.17. The van der Waals surface area contributed by atoms with Gasteiger partial charge >= 0.3 is 0 Å². The van der Waals surface area contributed by atoms with Crippen LogP contribution in [0.3, 0.4) is 0 Å². The smallest absolute Gasteiger partial charge is 0.129 e. The fraction of sp³-hybridized carbons (Fsp3) is 0.500. The second-order valence-electron chi connectivity index (χ2n) is 4.28. The Labute approximate surface area is 94.1 Å². The molecule has 0 saturated heterocycles. The van der Waals surface area contributed by atoms with Crippen LogP contribution in [0.25, 0.3) is 0 Å². The van der Waals surface area contributed by atoms with E-state index in [1.165, 1.54) is 0 Å². The first kappa shape index (κ1) is 13.1. The molecule has 4 heteroatoms. The van der Waals surface area contributed by atoms with Gasteiger partial charge in [0.2, 0.25) is 0 Å². The minimum Gasteiger partial charge on any atom is -0.388 e. The Hall–Kier alpha value is -1.00. The van der Waals surface area contributed by atoms with Gasteiger partial charge in [0.1, 0.15) is 11.6 Å². The van der Waals surface area contributed by atoms with E-state index in [1.807, 2.05) is 6.92 Å². The number of aliphatic hydroxyl groups excluding tert-OH is 1. The van der Waals surface area contributed by atoms with Crippen molar-refractivity contribution in [3.63, 3.8) is 0 Å². The zero-order valence-corrected chi connectivity index (χ0v) is 9.50. The van der Waals surface area contributed by atoms with Crippen molar-refractivity contribution in [2.75, 3.05) is 6.54 Å². The van der Waals surface area contributed by atoms with Gasteiger partial charge in [0, 0.05) is 17.5 Å². The van der Waals surface area contributed by atoms with Gasteiger partial charge in [-0.2, -0.15) is 0 Å². The van der Waals surface area contributed by atoms with Gasteiger partial charge in [-0.05, 0) is 24.6 Å². The third kappa shape index (κ3) is 2.39. The first-order valence-electron chi connectivity index (χ1n) is 5.27. The van der Waals surface area contributed by atoms with E-state index in [2.05, 4.69) is 0 Å². The maximum Gasteiger partial charge on any atom is 0.129 e. The molecule has 0 aromatic heterocycles. The summed E-state index contributed by atoms with van der Waals surface area (Å²) in [7, 11) is 0. The van der Waals surface area contributed by atoms with Crippen LogP contribution in [0.2, 0.25) is 0 Å². The molecule has 3 N–H and O–H groups in total. The van der Waals surface area contributed by atoms with Gasteiger partial charge in [-0.15, -0.1) is 0 Å². The topological polar surface area (TPSA) is 46.2 Å². The number of halogens is 2. The van der Waals surface area contributed by atoms with Crippen LogP contribution in [0, 0.1) is 17.0 Å². The third-order valence-electron chi connectivity index (χ3n) is 3.19. The molecule has 2 atom stereocenters. The van der Waals surface area contributed by atoms with Gasteiger partial charge in [0.15, 0.2) is 0 Å². The molecule has 0 aliphatic rings. The van der Waals surface area contributed by atoms with E-state index in [1.54, 1.807) is 6.92 Å². The molecule has 2 nitrogen and oxygen atoms in total. The van der Waals surface area contributed by atoms with Crippen LogP contribution in [0.1, 0.15) is 31.9 Å². The van der Waals surface area contributed by atoms with Crippen molar-refractivity contribution in [3.05, 3.63) is 35.4 Å². The number of nitrogens with two attached hydrogens (primary N) is 1. The van der Waals surface area contributed by atoms with Crippen molar-refractivity contribution < 1.29 is 13.9 Å². The molecule has 0 saturated carbocycles. The Bertz CT molecular complexity index is 364. The van der Waals surface area contributed by atoms with E-state index in [0.717, 1.165) is 18.2 Å². The second-order valence-corrected chi connectivity index (χ2v) is 4.28. The molecule has 0 amide bonds. The Kier molecular flexibility index (Phi) is 3.99. The lowest BCUT2D eigenvalue weighted by Crippen LogP contribution is -2.33. The molecule has 2 unspecified atom stereocenters. The summed E-state index contributed by atoms with van der Waals surface area (Å²) in [6, 6.07) is 3.06. The van der Waals surface area contributed by atoms with Gasteiger partial charge < -0.3 is 10.8 Å². The number of hydrogen-bond donors (Lipinski definition) is 2. The average molecular weight is 229 g/mol. The van der Waals surface area contributed by atoms with Crippen LogP contribution in [-0.4, -0.2) is 11.7 Å². The molecule has 90 valence electrons. The largest absolute Gasteiger partial charge is 0.388 e. The highest BCUT2D eigenvalue weighted by Crippen LogP contribution is 2.36. The summed E-state index contributed by atoms with van der Waals surface area (Å²) < 4.78 is 26.5. The molecule has 0 bridgehead atoms. The van der Waals surface area contributed by atoms with Crippen molar-refractivity contribution in [2.45, 2.75) is 26.4 Å². The second kappa shape index (κ2) is 4.89. The summed E-state index contributed by atoms with van der Waals surface area (Å²) in [6.07, 6.45) is -0.515. The SMILES string of the molecule is CCC(C)(CN)C(O)c1cc(F)ccc1F. The fourth-order valence-electron chi connectivity index (χ4n) is 1.55. The van der Waals surface area contributed by atoms with Crippen LogP contribution in [-0.2, 0) is 0 Å². The molecule has 0 heterocycles. The molecule has 0 fully saturated rings. The first-order valence-corrected chi connectivity index (χ1v) is 5.27. The monoisotopic (exact) mass is 229 g/mol. The van der Waals surface area contributed by atoms with Crippen molar-refractivity contribution in [2.24, 2.45) is 11.1 Å². The summed E-state index contributed by atoms with van der Waals surface area (Å²) in [5, 5.41) is 10.1. The zero-order valence-electron chi connectivity index (χ0n) is 9.50. The molecule has 16 heavy (non-hydrogen) atoms. The normalized spacial score (nSPS) is 16.9. The molecule has 0 aliphatic carbocycles. The fourth-order valence-corrected chi connectivity index (χ4v) is 1.55. The highest BCUT2D eigenvalue weighted by Gasteiger charge is 2.32. The van der Waals surface area contributed by atoms with Gasteiger partial charge in [-0.25, -0.2) is 8.78 Å². The van der Waals surface area contributed by atoms with Crippen molar-refractivity contribution in [1.82, 2.24) is 0 Å². The number of benzene rings is 1. The van der Waals surface area contributed by atoms with Crippen molar-refractivity contribution >= 4 is 0 Å². The zero-order chi connectivity index (χ0) is 12.3. The van der Waals surface area contributed by atoms with Gasteiger partial charge in [0.25, 0.3) is 0 Å². The Morgan fingerprint density at radius 2 is 2.06 bits per heavy atom. The van der Waals surface area contributed by atoms with Crippen LogP contribution in [0.4, 0.5) is 8.78 Å². The van der Waals surface area contributed by atoms with Gasteiger partial charge in [-0.1, -0.05) is 13.8 Å². The molecule has 0 spiro atoms. The summed E-state index contributed by atoms with van der Waals surface area (Å²) in [4.78, 5) is 0. The Morgan fingerprint density at radius 1 is 1.44 bits per heavy atom. The number of hydrogen-bond acceptors (Lipinski definition) is 2. The Morgan fingerprint density at radius 3 is 2.56 bits per heavy atom. The van der Waals surface area contributed by atoms with E-state index in [0.29, 0.717) is 6.42 Å². The predicted octanol–water partition coefficient (Wildman–Crippen LogP) is 2.37. The van der Waals surface area contributed by atoms with E-state index in [-0.39, 0.29) is 12.1 Å². The van der Waals surface area contributed by atoms with Crippen molar-refractivity contribution in [3.8, 4) is 0 Å². The molecule has 1 rings (SSSR count). The maximum atomic E-state index is 13.5. The first-order chi connectivity index (χ1) is 7.44. The van der Waals surface area contributed by atoms with Gasteiger partial charge in [0.05, 0.1) is 6.10 Å². The van der Waals surface area contributed by atoms with E-state index >= 15 is 0 Å². The lowest BCUT2D eigenvalue weighted by Gasteiger charge is -2.32. The minimum atomic E-state index is -1.10. The van der Waals surface area contributed by atoms with E-state index in [9.17, 15) is 13.9 Å². The van der Waals surface area contributed by atoms with E-state index in [4.69, 9.17) is 5.73 Å². The number of rotatable bonds is 4. The highest BCUT2D eigenvalue weighted by atomic mass is 19.1. The minimum absolute atomic E-state index is 0.0326. The molecular weight excluding hydrogens is 212 g/mol. The van der Waals surface area contributed by atoms with Crippen LogP contribution >= 0.6 is 0 Å². The lowest BCUT2D eigenvalue weighted by molar-refractivity contribution is 0.0361. The van der Waals surface area contributed by atoms with E-state index < -0.39 is 23.2 Å². The average Bonchev–Trinajstić information content (AvgIpc) is 2.30. The third-order valence-corrected chi connectivity index (χ3v) is 3.19. The maximum absolute atomic E-state index is 13.5. The standard InChI is InChI=1S/C12H17F2NO/c1-3-12(2,7-15)11(16)9-6-8(13)4-5-10(9)14/h4-6,11,16H,3,7,15H2,1-2H3. The predicted molar refractivity (Wildman–Crippen MR) is 58.8 cm³/mol. The van der Waals surface area contributed by atoms with Gasteiger partial charge in [-0.3, -0.25) is 0 Å². The number of aliphatic hydroxyl groups is 1.